The van der Waals surface area contributed by atoms with Crippen molar-refractivity contribution in [1.82, 2.24) is 10.2 Å². The third-order valence-electron chi connectivity index (χ3n) is 5.65. The molecule has 0 aromatic carbocycles. The summed E-state index contributed by atoms with van der Waals surface area (Å²) in [7, 11) is 0. The molecule has 1 atom stereocenters. The molecular formula is C22H28N4O5S. The van der Waals surface area contributed by atoms with Crippen LogP contribution in [-0.4, -0.2) is 46.9 Å². The highest BCUT2D eigenvalue weighted by molar-refractivity contribution is 7.16. The van der Waals surface area contributed by atoms with Crippen molar-refractivity contribution in [2.24, 2.45) is 0 Å². The molecule has 3 rings (SSSR count). The second-order valence-corrected chi connectivity index (χ2v) is 9.72. The number of aryl methyl sites for hydroxylation is 1. The van der Waals surface area contributed by atoms with Crippen molar-refractivity contribution in [2.45, 2.75) is 77.4 Å². The van der Waals surface area contributed by atoms with Gasteiger partial charge in [-0.15, -0.1) is 11.3 Å². The van der Waals surface area contributed by atoms with Crippen LogP contribution in [-0.2, 0) is 32.0 Å². The van der Waals surface area contributed by atoms with Crippen molar-refractivity contribution in [1.29, 1.82) is 5.26 Å². The van der Waals surface area contributed by atoms with Gasteiger partial charge >= 0.3 is 12.0 Å². The van der Waals surface area contributed by atoms with Gasteiger partial charge in [0.1, 0.15) is 16.6 Å². The van der Waals surface area contributed by atoms with Crippen LogP contribution < -0.4 is 10.6 Å². The average Bonchev–Trinajstić information content (AvgIpc) is 3.01. The summed E-state index contributed by atoms with van der Waals surface area (Å²) in [6.07, 6.45) is 4.14. The quantitative estimate of drug-likeness (QED) is 0.366. The summed E-state index contributed by atoms with van der Waals surface area (Å²) in [6.45, 7) is 4.80. The van der Waals surface area contributed by atoms with E-state index >= 15 is 0 Å². The molecule has 0 unspecified atom stereocenters. The van der Waals surface area contributed by atoms with E-state index < -0.39 is 29.6 Å². The number of anilines is 1. The molecule has 1 aromatic heterocycles. The number of nitrogens with one attached hydrogen (secondary N) is 2. The summed E-state index contributed by atoms with van der Waals surface area (Å²) in [5, 5.41) is 15.4. The number of hydrogen-bond acceptors (Lipinski definition) is 7. The zero-order chi connectivity index (χ0) is 23.5. The van der Waals surface area contributed by atoms with Gasteiger partial charge in [-0.3, -0.25) is 19.3 Å². The van der Waals surface area contributed by atoms with Gasteiger partial charge in [-0.1, -0.05) is 6.42 Å². The lowest BCUT2D eigenvalue weighted by molar-refractivity contribution is -0.153. The van der Waals surface area contributed by atoms with Gasteiger partial charge < -0.3 is 15.4 Å². The normalized spacial score (nSPS) is 18.2. The Balaban J connectivity index is 1.50. The molecule has 32 heavy (non-hydrogen) atoms. The summed E-state index contributed by atoms with van der Waals surface area (Å²) in [4.78, 5) is 50.9. The number of rotatable bonds is 7. The Morgan fingerprint density at radius 2 is 2.00 bits per heavy atom. The van der Waals surface area contributed by atoms with E-state index in [0.717, 1.165) is 47.4 Å². The van der Waals surface area contributed by atoms with Gasteiger partial charge in [-0.25, -0.2) is 4.79 Å². The lowest BCUT2D eigenvalue weighted by Crippen LogP contribution is -2.40. The first kappa shape index (κ1) is 23.7. The predicted molar refractivity (Wildman–Crippen MR) is 118 cm³/mol. The summed E-state index contributed by atoms with van der Waals surface area (Å²) >= 11 is 1.42. The third-order valence-corrected chi connectivity index (χ3v) is 6.86. The Kier molecular flexibility index (Phi) is 7.19. The smallest absolute Gasteiger partial charge is 0.325 e. The molecule has 10 heteroatoms. The van der Waals surface area contributed by atoms with Crippen LogP contribution in [0.15, 0.2) is 0 Å². The second kappa shape index (κ2) is 9.69. The van der Waals surface area contributed by atoms with Crippen molar-refractivity contribution in [3.63, 3.8) is 0 Å². The van der Waals surface area contributed by atoms with E-state index in [1.54, 1.807) is 13.8 Å². The standard InChI is InChI=1S/C22H28N4O5S/c1-13(31-17(27)10-7-11-26-20(29)22(2,3)25-21(26)30)18(28)24-19-15(12-23)14-8-5-4-6-9-16(14)32-19/h13H,4-11H2,1-3H3,(H,24,28)(H,25,30)/t13-/m0/s1. The van der Waals surface area contributed by atoms with E-state index in [2.05, 4.69) is 16.7 Å². The van der Waals surface area contributed by atoms with Crippen LogP contribution in [0.25, 0.3) is 0 Å². The molecule has 0 radical (unpaired) electrons. The lowest BCUT2D eigenvalue weighted by atomic mass is 10.1. The molecule has 1 aromatic rings. The van der Waals surface area contributed by atoms with Crippen LogP contribution >= 0.6 is 11.3 Å². The minimum atomic E-state index is -1.04. The Labute approximate surface area is 191 Å². The number of nitriles is 1. The molecule has 2 aliphatic rings. The van der Waals surface area contributed by atoms with Crippen LogP contribution in [0.4, 0.5) is 9.80 Å². The molecule has 172 valence electrons. The highest BCUT2D eigenvalue weighted by atomic mass is 32.1. The number of imide groups is 1. The summed E-state index contributed by atoms with van der Waals surface area (Å²) in [5.41, 5.74) is 0.584. The van der Waals surface area contributed by atoms with E-state index in [1.807, 2.05) is 0 Å². The molecule has 2 N–H and O–H groups in total. The Morgan fingerprint density at radius 3 is 2.66 bits per heavy atom. The largest absolute Gasteiger partial charge is 0.453 e. The molecular weight excluding hydrogens is 432 g/mol. The van der Waals surface area contributed by atoms with Crippen LogP contribution in [0, 0.1) is 11.3 Å². The van der Waals surface area contributed by atoms with Crippen molar-refractivity contribution in [3.05, 3.63) is 16.0 Å². The predicted octanol–water partition coefficient (Wildman–Crippen LogP) is 2.87. The zero-order valence-corrected chi connectivity index (χ0v) is 19.4. The topological polar surface area (TPSA) is 129 Å². The van der Waals surface area contributed by atoms with Crippen LogP contribution in [0.1, 0.15) is 68.9 Å². The summed E-state index contributed by atoms with van der Waals surface area (Å²) in [6, 6.07) is 1.72. The number of urea groups is 1. The van der Waals surface area contributed by atoms with Crippen LogP contribution in [0.3, 0.4) is 0 Å². The van der Waals surface area contributed by atoms with Gasteiger partial charge in [0.05, 0.1) is 5.56 Å². The molecule has 1 aliphatic heterocycles. The fourth-order valence-corrected chi connectivity index (χ4v) is 5.12. The monoisotopic (exact) mass is 460 g/mol. The van der Waals surface area contributed by atoms with Crippen molar-refractivity contribution in [3.8, 4) is 6.07 Å². The van der Waals surface area contributed by atoms with Crippen LogP contribution in [0.5, 0.6) is 0 Å². The second-order valence-electron chi connectivity index (χ2n) is 8.62. The van der Waals surface area contributed by atoms with Gasteiger partial charge in [-0.05, 0) is 58.4 Å². The van der Waals surface area contributed by atoms with E-state index in [9.17, 15) is 24.4 Å². The minimum absolute atomic E-state index is 0.0359. The molecule has 0 bridgehead atoms. The first-order valence-electron chi connectivity index (χ1n) is 10.8. The van der Waals surface area contributed by atoms with Gasteiger partial charge in [0, 0.05) is 17.8 Å². The average molecular weight is 461 g/mol. The molecule has 0 saturated carbocycles. The molecule has 1 saturated heterocycles. The number of carbonyl (C=O) groups excluding carboxylic acids is 4. The molecule has 0 spiro atoms. The maximum Gasteiger partial charge on any atom is 0.325 e. The number of thiophene rings is 1. The molecule has 2 heterocycles. The fraction of sp³-hybridized carbons (Fsp3) is 0.591. The summed E-state index contributed by atoms with van der Waals surface area (Å²) in [5.74, 6) is -1.44. The number of carbonyl (C=O) groups is 4. The van der Waals surface area contributed by atoms with E-state index in [0.29, 0.717) is 10.6 Å². The molecule has 9 nitrogen and oxygen atoms in total. The van der Waals surface area contributed by atoms with E-state index in [1.165, 1.54) is 18.3 Å². The highest BCUT2D eigenvalue weighted by Gasteiger charge is 2.43. The highest BCUT2D eigenvalue weighted by Crippen LogP contribution is 2.37. The lowest BCUT2D eigenvalue weighted by Gasteiger charge is -2.16. The number of hydrogen-bond donors (Lipinski definition) is 2. The number of esters is 1. The first-order chi connectivity index (χ1) is 15.1. The van der Waals surface area contributed by atoms with Crippen molar-refractivity contribution < 1.29 is 23.9 Å². The van der Waals surface area contributed by atoms with E-state index in [-0.39, 0.29) is 25.3 Å². The van der Waals surface area contributed by atoms with Gasteiger partial charge in [0.25, 0.3) is 11.8 Å². The number of fused-ring (bicyclic) bond motifs is 1. The maximum absolute atomic E-state index is 12.5. The molecule has 4 amide bonds. The molecule has 1 aliphatic carbocycles. The Bertz CT molecular complexity index is 978. The fourth-order valence-electron chi connectivity index (χ4n) is 3.87. The van der Waals surface area contributed by atoms with Crippen molar-refractivity contribution >= 4 is 40.2 Å². The first-order valence-corrected chi connectivity index (χ1v) is 11.6. The molecule has 1 fully saturated rings. The third kappa shape index (κ3) is 5.10. The van der Waals surface area contributed by atoms with Gasteiger partial charge in [0.15, 0.2) is 6.10 Å². The van der Waals surface area contributed by atoms with Crippen molar-refractivity contribution in [2.75, 3.05) is 11.9 Å². The number of nitrogens with zero attached hydrogens (tertiary/aromatic N) is 2. The van der Waals surface area contributed by atoms with E-state index in [4.69, 9.17) is 4.74 Å². The van der Waals surface area contributed by atoms with Crippen LogP contribution in [0.2, 0.25) is 0 Å². The summed E-state index contributed by atoms with van der Waals surface area (Å²) < 4.78 is 5.21. The Morgan fingerprint density at radius 1 is 1.28 bits per heavy atom. The minimum Gasteiger partial charge on any atom is -0.453 e. The number of ether oxygens (including phenoxy) is 1. The maximum atomic E-state index is 12.5. The van der Waals surface area contributed by atoms with Gasteiger partial charge in [-0.2, -0.15) is 5.26 Å². The zero-order valence-electron chi connectivity index (χ0n) is 18.6. The Hall–Kier alpha value is -2.93. The van der Waals surface area contributed by atoms with Gasteiger partial charge in [0.2, 0.25) is 0 Å². The number of amides is 4. The SMILES string of the molecule is C[C@H](OC(=O)CCCN1C(=O)NC(C)(C)C1=O)C(=O)Nc1sc2c(c1C#N)CCCCC2.